The van der Waals surface area contributed by atoms with Crippen LogP contribution in [0, 0.1) is 0 Å². The molecular formula is C24H28N4O5. The van der Waals surface area contributed by atoms with Gasteiger partial charge in [-0.1, -0.05) is 12.1 Å². The third-order valence-electron chi connectivity index (χ3n) is 6.32. The van der Waals surface area contributed by atoms with Crippen molar-refractivity contribution < 1.29 is 23.8 Å². The zero-order chi connectivity index (χ0) is 22.8. The highest BCUT2D eigenvalue weighted by Crippen LogP contribution is 2.35. The van der Waals surface area contributed by atoms with E-state index < -0.39 is 0 Å². The number of benzene rings is 2. The van der Waals surface area contributed by atoms with Crippen LogP contribution in [0.25, 0.3) is 0 Å². The van der Waals surface area contributed by atoms with Crippen molar-refractivity contribution in [2.24, 2.45) is 0 Å². The predicted octanol–water partition coefficient (Wildman–Crippen LogP) is 2.06. The minimum Gasteiger partial charge on any atom is -0.495 e. The second-order valence-corrected chi connectivity index (χ2v) is 8.22. The van der Waals surface area contributed by atoms with Crippen molar-refractivity contribution in [1.82, 2.24) is 9.80 Å². The molecule has 5 rings (SSSR count). The van der Waals surface area contributed by atoms with Gasteiger partial charge in [0.25, 0.3) is 0 Å². The van der Waals surface area contributed by atoms with Gasteiger partial charge in [0, 0.05) is 51.0 Å². The van der Waals surface area contributed by atoms with Crippen molar-refractivity contribution >= 4 is 23.3 Å². The number of methoxy groups -OCH3 is 1. The topological polar surface area (TPSA) is 74.8 Å². The molecule has 174 valence electrons. The van der Waals surface area contributed by atoms with Crippen molar-refractivity contribution in [2.75, 3.05) is 75.9 Å². The molecule has 9 heteroatoms. The standard InChI is InChI=1S/C24H28N4O5/c1-31-20-5-3-2-4-19(20)25-8-10-26(11-9-25)23(29)17-27-12-13-28(24(27)30)18-6-7-21-22(16-18)33-15-14-32-21/h2-7,16H,8-15,17H2,1H3. The third-order valence-corrected chi connectivity index (χ3v) is 6.32. The number of amides is 3. The van der Waals surface area contributed by atoms with E-state index in [1.54, 1.807) is 16.9 Å². The van der Waals surface area contributed by atoms with E-state index in [2.05, 4.69) is 4.90 Å². The Balaban J connectivity index is 1.17. The Kier molecular flexibility index (Phi) is 5.85. The largest absolute Gasteiger partial charge is 0.495 e. The Morgan fingerprint density at radius 2 is 1.70 bits per heavy atom. The van der Waals surface area contributed by atoms with Crippen molar-refractivity contribution in [3.63, 3.8) is 0 Å². The first kappa shape index (κ1) is 21.2. The van der Waals surface area contributed by atoms with Gasteiger partial charge >= 0.3 is 6.03 Å². The van der Waals surface area contributed by atoms with Crippen molar-refractivity contribution in [3.05, 3.63) is 42.5 Å². The number of anilines is 2. The fraction of sp³-hybridized carbons (Fsp3) is 0.417. The average molecular weight is 453 g/mol. The van der Waals surface area contributed by atoms with Gasteiger partial charge in [-0.15, -0.1) is 0 Å². The van der Waals surface area contributed by atoms with Crippen molar-refractivity contribution in [1.29, 1.82) is 0 Å². The fourth-order valence-electron chi connectivity index (χ4n) is 4.52. The van der Waals surface area contributed by atoms with E-state index in [1.165, 1.54) is 0 Å². The molecule has 0 atom stereocenters. The van der Waals surface area contributed by atoms with Crippen LogP contribution in [0.1, 0.15) is 0 Å². The number of ether oxygens (including phenoxy) is 3. The van der Waals surface area contributed by atoms with E-state index >= 15 is 0 Å². The first-order chi connectivity index (χ1) is 16.1. The predicted molar refractivity (Wildman–Crippen MR) is 124 cm³/mol. The zero-order valence-corrected chi connectivity index (χ0v) is 18.7. The molecule has 0 radical (unpaired) electrons. The number of para-hydroxylation sites is 2. The van der Waals surface area contributed by atoms with E-state index in [4.69, 9.17) is 14.2 Å². The van der Waals surface area contributed by atoms with Crippen LogP contribution in [0.5, 0.6) is 17.2 Å². The summed E-state index contributed by atoms with van der Waals surface area (Å²) in [6.07, 6.45) is 0. The molecule has 0 bridgehead atoms. The summed E-state index contributed by atoms with van der Waals surface area (Å²) < 4.78 is 16.7. The molecular weight excluding hydrogens is 424 g/mol. The molecule has 0 spiro atoms. The van der Waals surface area contributed by atoms with E-state index in [-0.39, 0.29) is 18.5 Å². The number of piperazine rings is 1. The van der Waals surface area contributed by atoms with Gasteiger partial charge in [0.2, 0.25) is 5.91 Å². The van der Waals surface area contributed by atoms with Crippen LogP contribution < -0.4 is 24.0 Å². The van der Waals surface area contributed by atoms with E-state index in [0.29, 0.717) is 50.9 Å². The maximum Gasteiger partial charge on any atom is 0.325 e. The number of hydrogen-bond donors (Lipinski definition) is 0. The molecule has 33 heavy (non-hydrogen) atoms. The molecule has 0 saturated carbocycles. The molecule has 3 amide bonds. The van der Waals surface area contributed by atoms with Crippen LogP contribution in [0.2, 0.25) is 0 Å². The van der Waals surface area contributed by atoms with Gasteiger partial charge in [-0.25, -0.2) is 4.79 Å². The Labute approximate surface area is 193 Å². The Morgan fingerprint density at radius 1 is 0.939 bits per heavy atom. The molecule has 0 N–H and O–H groups in total. The van der Waals surface area contributed by atoms with E-state index in [9.17, 15) is 9.59 Å². The van der Waals surface area contributed by atoms with Crippen LogP contribution in [0.15, 0.2) is 42.5 Å². The molecule has 9 nitrogen and oxygen atoms in total. The number of urea groups is 1. The lowest BCUT2D eigenvalue weighted by Gasteiger charge is -2.37. The molecule has 3 aliphatic rings. The van der Waals surface area contributed by atoms with Gasteiger partial charge in [0.05, 0.1) is 12.8 Å². The maximum atomic E-state index is 13.0. The highest BCUT2D eigenvalue weighted by molar-refractivity contribution is 5.96. The van der Waals surface area contributed by atoms with Gasteiger partial charge in [-0.2, -0.15) is 0 Å². The van der Waals surface area contributed by atoms with Gasteiger partial charge in [0.15, 0.2) is 11.5 Å². The number of carbonyl (C=O) groups is 2. The first-order valence-corrected chi connectivity index (χ1v) is 11.3. The Morgan fingerprint density at radius 3 is 2.48 bits per heavy atom. The van der Waals surface area contributed by atoms with Crippen molar-refractivity contribution in [2.45, 2.75) is 0 Å². The van der Waals surface area contributed by atoms with Gasteiger partial charge in [-0.3, -0.25) is 9.69 Å². The highest BCUT2D eigenvalue weighted by atomic mass is 16.6. The smallest absolute Gasteiger partial charge is 0.325 e. The molecule has 2 aromatic carbocycles. The number of nitrogens with zero attached hydrogens (tertiary/aromatic N) is 4. The molecule has 0 aromatic heterocycles. The number of fused-ring (bicyclic) bond motifs is 1. The highest BCUT2D eigenvalue weighted by Gasteiger charge is 2.33. The Bertz CT molecular complexity index is 1040. The summed E-state index contributed by atoms with van der Waals surface area (Å²) in [6, 6.07) is 13.3. The maximum absolute atomic E-state index is 13.0. The number of carbonyl (C=O) groups excluding carboxylic acids is 2. The summed E-state index contributed by atoms with van der Waals surface area (Å²) in [6.45, 7) is 4.85. The van der Waals surface area contributed by atoms with Crippen molar-refractivity contribution in [3.8, 4) is 17.2 Å². The summed E-state index contributed by atoms with van der Waals surface area (Å²) in [4.78, 5) is 33.3. The van der Waals surface area contributed by atoms with Crippen LogP contribution >= 0.6 is 0 Å². The molecule has 2 fully saturated rings. The summed E-state index contributed by atoms with van der Waals surface area (Å²) in [5.74, 6) is 2.15. The summed E-state index contributed by atoms with van der Waals surface area (Å²) in [5, 5.41) is 0. The van der Waals surface area contributed by atoms with Gasteiger partial charge in [-0.05, 0) is 24.3 Å². The molecule has 2 saturated heterocycles. The SMILES string of the molecule is COc1ccccc1N1CCN(C(=O)CN2CCN(c3ccc4c(c3)OCCO4)C2=O)CC1. The average Bonchev–Trinajstić information content (AvgIpc) is 3.23. The fourth-order valence-corrected chi connectivity index (χ4v) is 4.52. The lowest BCUT2D eigenvalue weighted by molar-refractivity contribution is -0.131. The van der Waals surface area contributed by atoms with Gasteiger partial charge < -0.3 is 28.9 Å². The quantitative estimate of drug-likeness (QED) is 0.692. The minimum absolute atomic E-state index is 0.0212. The summed E-state index contributed by atoms with van der Waals surface area (Å²) in [7, 11) is 1.67. The lowest BCUT2D eigenvalue weighted by Crippen LogP contribution is -2.51. The first-order valence-electron chi connectivity index (χ1n) is 11.3. The molecule has 0 unspecified atom stereocenters. The van der Waals surface area contributed by atoms with Crippen LogP contribution in [-0.2, 0) is 4.79 Å². The van der Waals surface area contributed by atoms with Crippen LogP contribution in [0.4, 0.5) is 16.2 Å². The molecule has 3 aliphatic heterocycles. The second kappa shape index (κ2) is 9.09. The van der Waals surface area contributed by atoms with Gasteiger partial charge in [0.1, 0.15) is 25.5 Å². The van der Waals surface area contributed by atoms with Crippen LogP contribution in [-0.4, -0.2) is 87.9 Å². The monoisotopic (exact) mass is 452 g/mol. The van der Waals surface area contributed by atoms with E-state index in [0.717, 1.165) is 30.2 Å². The minimum atomic E-state index is -0.160. The van der Waals surface area contributed by atoms with E-state index in [1.807, 2.05) is 47.4 Å². The molecule has 2 aromatic rings. The molecule has 0 aliphatic carbocycles. The normalized spacial score (nSPS) is 18.0. The summed E-state index contributed by atoms with van der Waals surface area (Å²) >= 11 is 0. The molecule has 3 heterocycles. The van der Waals surface area contributed by atoms with Crippen LogP contribution in [0.3, 0.4) is 0 Å². The lowest BCUT2D eigenvalue weighted by atomic mass is 10.2. The zero-order valence-electron chi connectivity index (χ0n) is 18.7. The Hall–Kier alpha value is -3.62. The number of hydrogen-bond acceptors (Lipinski definition) is 6. The number of rotatable bonds is 5. The third kappa shape index (κ3) is 4.22. The second-order valence-electron chi connectivity index (χ2n) is 8.22. The summed E-state index contributed by atoms with van der Waals surface area (Å²) in [5.41, 5.74) is 1.79.